The first-order chi connectivity index (χ1) is 14.9. The third-order valence-corrected chi connectivity index (χ3v) is 6.61. The van der Waals surface area contributed by atoms with E-state index < -0.39 is 4.92 Å². The molecule has 11 heteroatoms. The lowest BCUT2D eigenvalue weighted by Gasteiger charge is -2.08. The van der Waals surface area contributed by atoms with Crippen molar-refractivity contribution >= 4 is 52.0 Å². The number of nitro benzene ring substituents is 1. The summed E-state index contributed by atoms with van der Waals surface area (Å²) in [5.41, 5.74) is 1.11. The van der Waals surface area contributed by atoms with Gasteiger partial charge < -0.3 is 9.88 Å². The van der Waals surface area contributed by atoms with Gasteiger partial charge in [-0.3, -0.25) is 14.9 Å². The maximum atomic E-state index is 12.4. The van der Waals surface area contributed by atoms with Crippen molar-refractivity contribution in [1.29, 1.82) is 0 Å². The summed E-state index contributed by atoms with van der Waals surface area (Å²) in [4.78, 5) is 24.1. The largest absolute Gasteiger partial charge is 0.325 e. The first kappa shape index (κ1) is 23.2. The number of thioether (sulfide) groups is 1. The van der Waals surface area contributed by atoms with Crippen LogP contribution >= 0.6 is 34.7 Å². The molecule has 2 heterocycles. The molecule has 2 aromatic heterocycles. The minimum atomic E-state index is -0.585. The van der Waals surface area contributed by atoms with E-state index in [0.29, 0.717) is 10.8 Å². The molecule has 0 bridgehead atoms. The van der Waals surface area contributed by atoms with Gasteiger partial charge in [0.25, 0.3) is 5.69 Å². The number of thiophene rings is 1. The summed E-state index contributed by atoms with van der Waals surface area (Å²) >= 11 is 8.81. The second kappa shape index (κ2) is 10.7. The SMILES string of the molecule is CCCc1cc(-c2nnc(SCC(=O)Nc3ccc(Cl)c([N+](=O)[O-])c3)n2CCC)cs1. The summed E-state index contributed by atoms with van der Waals surface area (Å²) < 4.78 is 2.03. The van der Waals surface area contributed by atoms with Gasteiger partial charge in [0.15, 0.2) is 11.0 Å². The van der Waals surface area contributed by atoms with Crippen LogP contribution in [0.4, 0.5) is 11.4 Å². The van der Waals surface area contributed by atoms with E-state index in [2.05, 4.69) is 40.8 Å². The Morgan fingerprint density at radius 2 is 2.10 bits per heavy atom. The van der Waals surface area contributed by atoms with Gasteiger partial charge in [-0.1, -0.05) is 43.6 Å². The van der Waals surface area contributed by atoms with E-state index in [1.54, 1.807) is 11.3 Å². The number of anilines is 1. The van der Waals surface area contributed by atoms with E-state index in [0.717, 1.165) is 37.2 Å². The van der Waals surface area contributed by atoms with Gasteiger partial charge in [0.2, 0.25) is 5.91 Å². The Hall–Kier alpha value is -2.43. The molecule has 0 spiro atoms. The smallest absolute Gasteiger partial charge is 0.289 e. The van der Waals surface area contributed by atoms with Gasteiger partial charge in [-0.2, -0.15) is 0 Å². The van der Waals surface area contributed by atoms with Crippen molar-refractivity contribution in [3.8, 4) is 11.4 Å². The zero-order valence-corrected chi connectivity index (χ0v) is 19.5. The van der Waals surface area contributed by atoms with Crippen molar-refractivity contribution < 1.29 is 9.72 Å². The molecule has 1 aromatic carbocycles. The quantitative estimate of drug-likeness (QED) is 0.228. The standard InChI is InChI=1S/C20H22ClN5O3S2/c1-3-5-15-9-13(11-30-15)19-23-24-20(25(19)8-4-2)31-12-18(27)22-14-6-7-16(21)17(10-14)26(28)29/h6-7,9-11H,3-5,8,12H2,1-2H3,(H,22,27). The molecule has 0 aliphatic heterocycles. The van der Waals surface area contributed by atoms with Gasteiger partial charge in [0.1, 0.15) is 5.02 Å². The van der Waals surface area contributed by atoms with Gasteiger partial charge in [-0.15, -0.1) is 21.5 Å². The van der Waals surface area contributed by atoms with Crippen LogP contribution in [0.1, 0.15) is 31.6 Å². The summed E-state index contributed by atoms with van der Waals surface area (Å²) in [7, 11) is 0. The number of carbonyl (C=O) groups excluding carboxylic acids is 1. The van der Waals surface area contributed by atoms with Crippen molar-refractivity contribution in [2.45, 2.75) is 44.8 Å². The molecule has 164 valence electrons. The predicted octanol–water partition coefficient (Wildman–Crippen LogP) is 5.66. The number of hydrogen-bond donors (Lipinski definition) is 1. The summed E-state index contributed by atoms with van der Waals surface area (Å²) in [5, 5.41) is 25.1. The van der Waals surface area contributed by atoms with Crippen LogP contribution in [0.3, 0.4) is 0 Å². The average molecular weight is 480 g/mol. The first-order valence-corrected chi connectivity index (χ1v) is 12.0. The van der Waals surface area contributed by atoms with Crippen LogP contribution in [-0.4, -0.2) is 31.3 Å². The third-order valence-electron chi connectivity index (χ3n) is 4.33. The van der Waals surface area contributed by atoms with Gasteiger partial charge in [0.05, 0.1) is 10.7 Å². The van der Waals surface area contributed by atoms with Crippen LogP contribution in [0.5, 0.6) is 0 Å². The highest BCUT2D eigenvalue weighted by Crippen LogP contribution is 2.30. The molecular formula is C20H22ClN5O3S2. The zero-order chi connectivity index (χ0) is 22.4. The Morgan fingerprint density at radius 3 is 2.81 bits per heavy atom. The van der Waals surface area contributed by atoms with Crippen LogP contribution in [-0.2, 0) is 17.8 Å². The van der Waals surface area contributed by atoms with Crippen molar-refractivity contribution in [2.75, 3.05) is 11.1 Å². The molecule has 1 amide bonds. The molecule has 0 unspecified atom stereocenters. The number of aryl methyl sites for hydroxylation is 1. The number of carbonyl (C=O) groups is 1. The Balaban J connectivity index is 1.69. The number of benzene rings is 1. The molecule has 0 saturated heterocycles. The maximum absolute atomic E-state index is 12.4. The summed E-state index contributed by atoms with van der Waals surface area (Å²) in [6, 6.07) is 6.31. The molecule has 3 rings (SSSR count). The molecule has 0 saturated carbocycles. The highest BCUT2D eigenvalue weighted by atomic mass is 35.5. The molecule has 8 nitrogen and oxygen atoms in total. The fraction of sp³-hybridized carbons (Fsp3) is 0.350. The van der Waals surface area contributed by atoms with Crippen LogP contribution in [0.15, 0.2) is 34.8 Å². The van der Waals surface area contributed by atoms with E-state index in [4.69, 9.17) is 11.6 Å². The summed E-state index contributed by atoms with van der Waals surface area (Å²) in [6.45, 7) is 4.98. The number of nitro groups is 1. The molecule has 3 aromatic rings. The Morgan fingerprint density at radius 1 is 1.29 bits per heavy atom. The second-order valence-corrected chi connectivity index (χ2v) is 9.12. The van der Waals surface area contributed by atoms with Gasteiger partial charge in [0, 0.05) is 34.1 Å². The van der Waals surface area contributed by atoms with Gasteiger partial charge in [-0.25, -0.2) is 0 Å². The second-order valence-electron chi connectivity index (χ2n) is 6.77. The van der Waals surface area contributed by atoms with Gasteiger partial charge in [-0.05, 0) is 31.0 Å². The fourth-order valence-electron chi connectivity index (χ4n) is 2.97. The number of hydrogen-bond acceptors (Lipinski definition) is 7. The topological polar surface area (TPSA) is 103 Å². The number of nitrogens with zero attached hydrogens (tertiary/aromatic N) is 4. The van der Waals surface area contributed by atoms with Crippen molar-refractivity contribution in [1.82, 2.24) is 14.8 Å². The van der Waals surface area contributed by atoms with Crippen LogP contribution in [0.2, 0.25) is 5.02 Å². The van der Waals surface area contributed by atoms with Crippen molar-refractivity contribution in [3.63, 3.8) is 0 Å². The number of halogens is 1. The molecular weight excluding hydrogens is 458 g/mol. The maximum Gasteiger partial charge on any atom is 0.289 e. The Kier molecular flexibility index (Phi) is 8.05. The number of rotatable bonds is 10. The number of aromatic nitrogens is 3. The highest BCUT2D eigenvalue weighted by molar-refractivity contribution is 7.99. The molecule has 0 aliphatic carbocycles. The number of amides is 1. The summed E-state index contributed by atoms with van der Waals surface area (Å²) in [5.74, 6) is 0.606. The molecule has 1 N–H and O–H groups in total. The highest BCUT2D eigenvalue weighted by Gasteiger charge is 2.18. The van der Waals surface area contributed by atoms with Crippen molar-refractivity contribution in [3.05, 3.63) is 49.7 Å². The number of nitrogens with one attached hydrogen (secondary N) is 1. The molecule has 0 atom stereocenters. The lowest BCUT2D eigenvalue weighted by molar-refractivity contribution is -0.384. The average Bonchev–Trinajstić information content (AvgIpc) is 3.35. The van der Waals surface area contributed by atoms with Crippen LogP contribution in [0.25, 0.3) is 11.4 Å². The van der Waals surface area contributed by atoms with Crippen LogP contribution < -0.4 is 5.32 Å². The normalized spacial score (nSPS) is 10.9. The lowest BCUT2D eigenvalue weighted by atomic mass is 10.2. The zero-order valence-electron chi connectivity index (χ0n) is 17.1. The van der Waals surface area contributed by atoms with Gasteiger partial charge >= 0.3 is 0 Å². The fourth-order valence-corrected chi connectivity index (χ4v) is 4.89. The summed E-state index contributed by atoms with van der Waals surface area (Å²) in [6.07, 6.45) is 3.04. The predicted molar refractivity (Wildman–Crippen MR) is 125 cm³/mol. The minimum absolute atomic E-state index is 0.0214. The van der Waals surface area contributed by atoms with Crippen LogP contribution in [0, 0.1) is 10.1 Å². The Labute approximate surface area is 193 Å². The first-order valence-electron chi connectivity index (χ1n) is 9.80. The van der Waals surface area contributed by atoms with E-state index in [-0.39, 0.29) is 22.4 Å². The lowest BCUT2D eigenvalue weighted by Crippen LogP contribution is -2.15. The molecule has 0 aliphatic rings. The van der Waals surface area contributed by atoms with E-state index in [1.807, 2.05) is 4.57 Å². The molecule has 0 radical (unpaired) electrons. The third kappa shape index (κ3) is 5.84. The Bertz CT molecular complexity index is 1080. The minimum Gasteiger partial charge on any atom is -0.325 e. The van der Waals surface area contributed by atoms with E-state index in [1.165, 1.54) is 34.8 Å². The molecule has 31 heavy (non-hydrogen) atoms. The molecule has 0 fully saturated rings. The van der Waals surface area contributed by atoms with E-state index in [9.17, 15) is 14.9 Å². The van der Waals surface area contributed by atoms with E-state index >= 15 is 0 Å². The monoisotopic (exact) mass is 479 g/mol. The van der Waals surface area contributed by atoms with Crippen molar-refractivity contribution in [2.24, 2.45) is 0 Å².